The molecule has 0 saturated heterocycles. The molecule has 1 N–H and O–H groups in total. The predicted molar refractivity (Wildman–Crippen MR) is 218 cm³/mol. The normalized spacial score (nSPS) is 12.4. The lowest BCUT2D eigenvalue weighted by molar-refractivity contribution is -0.150. The highest BCUT2D eigenvalue weighted by Gasteiger charge is 2.14. The number of carboxylic acid groups (broad SMARTS) is 1. The minimum Gasteiger partial charge on any atom is -0.481 e. The average Bonchev–Trinajstić information content (AvgIpc) is 3.10. The lowest BCUT2D eigenvalue weighted by atomic mass is 10.0. The van der Waals surface area contributed by atoms with E-state index < -0.39 is 5.97 Å². The van der Waals surface area contributed by atoms with Gasteiger partial charge < -0.3 is 9.84 Å². The number of aliphatic carboxylic acids is 1. The van der Waals surface area contributed by atoms with Crippen LogP contribution in [0.3, 0.4) is 0 Å². The monoisotopic (exact) mass is 703 g/mol. The number of unbranched alkanes of at least 4 members (excludes halogenated alkanes) is 28. The molecule has 1 unspecified atom stereocenters. The number of allylic oxidation sites excluding steroid dienone is 4. The van der Waals surface area contributed by atoms with Gasteiger partial charge in [-0.25, -0.2) is 0 Å². The third kappa shape index (κ3) is 40.8. The summed E-state index contributed by atoms with van der Waals surface area (Å²) in [6.07, 6.45) is 53.6. The second-order valence-electron chi connectivity index (χ2n) is 15.2. The largest absolute Gasteiger partial charge is 0.481 e. The van der Waals surface area contributed by atoms with Crippen LogP contribution in [0.5, 0.6) is 0 Å². The van der Waals surface area contributed by atoms with Gasteiger partial charge in [0, 0.05) is 12.8 Å². The molecule has 0 saturated carbocycles. The van der Waals surface area contributed by atoms with Crippen LogP contribution in [-0.4, -0.2) is 23.1 Å². The quantitative estimate of drug-likeness (QED) is 0.0391. The number of carboxylic acids is 1. The van der Waals surface area contributed by atoms with Crippen LogP contribution in [0.15, 0.2) is 24.3 Å². The van der Waals surface area contributed by atoms with Crippen molar-refractivity contribution in [2.75, 3.05) is 0 Å². The molecule has 0 radical (unpaired) electrons. The summed E-state index contributed by atoms with van der Waals surface area (Å²) in [5.74, 6) is -0.714. The second-order valence-corrected chi connectivity index (χ2v) is 15.2. The fourth-order valence-electron chi connectivity index (χ4n) is 6.83. The van der Waals surface area contributed by atoms with Crippen molar-refractivity contribution >= 4 is 11.9 Å². The fraction of sp³-hybridized carbons (Fsp3) is 0.870. The molecule has 0 aliphatic rings. The number of carbonyl (C=O) groups excluding carboxylic acids is 1. The van der Waals surface area contributed by atoms with Gasteiger partial charge in [0.05, 0.1) is 0 Å². The van der Waals surface area contributed by atoms with Gasteiger partial charge in [-0.3, -0.25) is 9.59 Å². The summed E-state index contributed by atoms with van der Waals surface area (Å²) in [5.41, 5.74) is 0. The molecule has 50 heavy (non-hydrogen) atoms. The van der Waals surface area contributed by atoms with Crippen molar-refractivity contribution in [2.24, 2.45) is 0 Å². The van der Waals surface area contributed by atoms with E-state index in [0.717, 1.165) is 70.6 Å². The van der Waals surface area contributed by atoms with Crippen molar-refractivity contribution in [3.8, 4) is 0 Å². The summed E-state index contributed by atoms with van der Waals surface area (Å²) < 4.78 is 6.00. The molecule has 0 fully saturated rings. The second kappa shape index (κ2) is 41.8. The zero-order valence-corrected chi connectivity index (χ0v) is 33.7. The smallest absolute Gasteiger partial charge is 0.306 e. The Morgan fingerprint density at radius 1 is 0.420 bits per heavy atom. The van der Waals surface area contributed by atoms with E-state index in [1.165, 1.54) is 154 Å². The standard InChI is InChI=1S/C46H86O4/c1-3-5-7-9-11-13-15-16-17-18-19-20-21-22-23-24-26-28-30-35-39-43-46(49)50-44(41-37-33-31-34-38-42-45(47)48)40-36-32-29-27-25-14-12-10-8-6-4-2/h18-19,27,29,44H,3-17,20-26,28,30-43H2,1-2H3,(H,47,48)/b19-18-,29-27-. The average molecular weight is 703 g/mol. The van der Waals surface area contributed by atoms with Crippen LogP contribution >= 0.6 is 0 Å². The molecule has 0 aromatic heterocycles. The van der Waals surface area contributed by atoms with Gasteiger partial charge in [-0.1, -0.05) is 179 Å². The summed E-state index contributed by atoms with van der Waals surface area (Å²) in [6.45, 7) is 4.55. The molecule has 0 aromatic rings. The Bertz CT molecular complexity index is 757. The highest BCUT2D eigenvalue weighted by atomic mass is 16.5. The van der Waals surface area contributed by atoms with Crippen LogP contribution in [0.1, 0.15) is 251 Å². The first-order chi connectivity index (χ1) is 24.6. The summed E-state index contributed by atoms with van der Waals surface area (Å²) >= 11 is 0. The highest BCUT2D eigenvalue weighted by Crippen LogP contribution is 2.18. The number of hydrogen-bond acceptors (Lipinski definition) is 3. The summed E-state index contributed by atoms with van der Waals surface area (Å²) in [6, 6.07) is 0. The lowest BCUT2D eigenvalue weighted by Gasteiger charge is -2.18. The Labute approximate surface area is 312 Å². The topological polar surface area (TPSA) is 63.6 Å². The molecule has 0 aliphatic carbocycles. The Morgan fingerprint density at radius 3 is 1.16 bits per heavy atom. The summed E-state index contributed by atoms with van der Waals surface area (Å²) in [7, 11) is 0. The molecule has 1 atom stereocenters. The third-order valence-electron chi connectivity index (χ3n) is 10.1. The van der Waals surface area contributed by atoms with Crippen molar-refractivity contribution in [1.82, 2.24) is 0 Å². The molecule has 0 heterocycles. The number of hydrogen-bond donors (Lipinski definition) is 1. The molecule has 4 heteroatoms. The minimum absolute atomic E-state index is 0.0121. The molecule has 0 amide bonds. The first kappa shape index (κ1) is 48.4. The maximum Gasteiger partial charge on any atom is 0.306 e. The van der Waals surface area contributed by atoms with Gasteiger partial charge in [0.2, 0.25) is 0 Å². The van der Waals surface area contributed by atoms with E-state index in [0.29, 0.717) is 6.42 Å². The molecule has 294 valence electrons. The van der Waals surface area contributed by atoms with E-state index in [-0.39, 0.29) is 18.5 Å². The van der Waals surface area contributed by atoms with Gasteiger partial charge in [0.25, 0.3) is 0 Å². The predicted octanol–water partition coefficient (Wildman–Crippen LogP) is 15.6. The molecule has 4 nitrogen and oxygen atoms in total. The van der Waals surface area contributed by atoms with E-state index >= 15 is 0 Å². The van der Waals surface area contributed by atoms with Crippen LogP contribution in [0, 0.1) is 0 Å². The molecule has 0 bridgehead atoms. The number of carbonyl (C=O) groups is 2. The summed E-state index contributed by atoms with van der Waals surface area (Å²) in [5, 5.41) is 8.83. The fourth-order valence-corrected chi connectivity index (χ4v) is 6.83. The van der Waals surface area contributed by atoms with Crippen molar-refractivity contribution in [3.63, 3.8) is 0 Å². The Balaban J connectivity index is 3.92. The zero-order valence-electron chi connectivity index (χ0n) is 33.7. The van der Waals surface area contributed by atoms with Gasteiger partial charge in [0.1, 0.15) is 6.10 Å². The van der Waals surface area contributed by atoms with E-state index in [1.807, 2.05) is 0 Å². The van der Waals surface area contributed by atoms with Crippen molar-refractivity contribution in [1.29, 1.82) is 0 Å². The number of rotatable bonds is 41. The molecule has 0 aromatic carbocycles. The Morgan fingerprint density at radius 2 is 0.740 bits per heavy atom. The van der Waals surface area contributed by atoms with Crippen LogP contribution in [0.4, 0.5) is 0 Å². The molecule has 0 spiro atoms. The van der Waals surface area contributed by atoms with Gasteiger partial charge in [0.15, 0.2) is 0 Å². The maximum absolute atomic E-state index is 12.7. The van der Waals surface area contributed by atoms with Gasteiger partial charge in [-0.2, -0.15) is 0 Å². The van der Waals surface area contributed by atoms with Gasteiger partial charge >= 0.3 is 11.9 Å². The highest BCUT2D eigenvalue weighted by molar-refractivity contribution is 5.69. The van der Waals surface area contributed by atoms with Crippen LogP contribution < -0.4 is 0 Å². The molecular formula is C46H86O4. The maximum atomic E-state index is 12.7. The van der Waals surface area contributed by atoms with Gasteiger partial charge in [-0.05, 0) is 83.5 Å². The molecular weight excluding hydrogens is 617 g/mol. The third-order valence-corrected chi connectivity index (χ3v) is 10.1. The van der Waals surface area contributed by atoms with Crippen molar-refractivity contribution in [3.05, 3.63) is 24.3 Å². The van der Waals surface area contributed by atoms with Crippen molar-refractivity contribution < 1.29 is 19.4 Å². The first-order valence-electron chi connectivity index (χ1n) is 22.3. The number of ether oxygens (including phenoxy) is 1. The van der Waals surface area contributed by atoms with Crippen LogP contribution in [0.2, 0.25) is 0 Å². The first-order valence-corrected chi connectivity index (χ1v) is 22.3. The van der Waals surface area contributed by atoms with Gasteiger partial charge in [-0.15, -0.1) is 0 Å². The Kier molecular flexibility index (Phi) is 40.5. The molecule has 0 rings (SSSR count). The Hall–Kier alpha value is -1.58. The van der Waals surface area contributed by atoms with E-state index in [1.54, 1.807) is 0 Å². The SMILES string of the molecule is CCCCCCCC/C=C\CCCC(CCCCCCCC(=O)O)OC(=O)CCCCCCCCCCC/C=C\CCCCCCCCCC. The van der Waals surface area contributed by atoms with Crippen molar-refractivity contribution in [2.45, 2.75) is 258 Å². The zero-order chi connectivity index (χ0) is 36.4. The van der Waals surface area contributed by atoms with Crippen LogP contribution in [-0.2, 0) is 14.3 Å². The van der Waals surface area contributed by atoms with E-state index in [9.17, 15) is 9.59 Å². The lowest BCUT2D eigenvalue weighted by Crippen LogP contribution is -2.18. The molecule has 0 aliphatic heterocycles. The van der Waals surface area contributed by atoms with E-state index in [4.69, 9.17) is 9.84 Å². The minimum atomic E-state index is -0.702. The summed E-state index contributed by atoms with van der Waals surface area (Å²) in [4.78, 5) is 23.4. The van der Waals surface area contributed by atoms with E-state index in [2.05, 4.69) is 38.2 Å². The number of esters is 1. The van der Waals surface area contributed by atoms with Crippen LogP contribution in [0.25, 0.3) is 0 Å².